The molecule has 2 N–H and O–H groups in total. The lowest BCUT2D eigenvalue weighted by molar-refractivity contribution is -0.155. The molecule has 6 heterocycles. The molecule has 5 aliphatic rings. The first-order valence-corrected chi connectivity index (χ1v) is 22.0. The molecule has 1 aliphatic carbocycles. The molecule has 13 nitrogen and oxygen atoms in total. The maximum absolute atomic E-state index is 14.2. The number of benzene rings is 1. The van der Waals surface area contributed by atoms with Gasteiger partial charge in [0.15, 0.2) is 0 Å². The van der Waals surface area contributed by atoms with Gasteiger partial charge in [0.1, 0.15) is 12.1 Å². The van der Waals surface area contributed by atoms with Crippen LogP contribution in [-0.2, 0) is 46.3 Å². The smallest absolute Gasteiger partial charge is 0.324 e. The molecule has 2 unspecified atom stereocenters. The van der Waals surface area contributed by atoms with Gasteiger partial charge in [0.05, 0.1) is 54.5 Å². The number of carbonyl (C=O) groups excluding carboxylic acids is 3. The van der Waals surface area contributed by atoms with E-state index in [4.69, 9.17) is 28.9 Å². The molecule has 3 fully saturated rings. The van der Waals surface area contributed by atoms with E-state index in [0.29, 0.717) is 52.2 Å². The van der Waals surface area contributed by atoms with E-state index >= 15 is 0 Å². The Balaban J connectivity index is 1.23. The first-order valence-electron chi connectivity index (χ1n) is 21.0. The Hall–Kier alpha value is -3.82. The highest BCUT2D eigenvalue weighted by atomic mass is 32.2. The number of ether oxygens (including phenoxy) is 4. The largest absolute Gasteiger partial charge is 0.464 e. The van der Waals surface area contributed by atoms with Crippen molar-refractivity contribution in [2.24, 2.45) is 28.2 Å². The van der Waals surface area contributed by atoms with Crippen molar-refractivity contribution in [1.82, 2.24) is 25.3 Å². The number of hydrogen-bond acceptors (Lipinski definition) is 11. The number of aromatic nitrogens is 2. The maximum Gasteiger partial charge on any atom is 0.324 e. The Bertz CT molecular complexity index is 2050. The maximum atomic E-state index is 14.2. The first kappa shape index (κ1) is 40.9. The third-order valence-corrected chi connectivity index (χ3v) is 13.9. The summed E-state index contributed by atoms with van der Waals surface area (Å²) in [5.41, 5.74) is 8.85. The van der Waals surface area contributed by atoms with Gasteiger partial charge in [-0.1, -0.05) is 33.8 Å². The fraction of sp³-hybridized carbons (Fsp3) is 0.614. The number of nitrogens with one attached hydrogen (secondary N) is 2. The summed E-state index contributed by atoms with van der Waals surface area (Å²) in [6.45, 7) is 13.5. The predicted octanol–water partition coefficient (Wildman–Crippen LogP) is 5.80. The molecule has 4 aliphatic heterocycles. The molecule has 14 heteroatoms. The molecule has 1 saturated carbocycles. The molecule has 1 aromatic carbocycles. The highest BCUT2D eigenvalue weighted by Gasteiger charge is 2.49. The number of fused-ring (bicyclic) bond motifs is 5. The zero-order valence-corrected chi connectivity index (χ0v) is 35.4. The van der Waals surface area contributed by atoms with Crippen molar-refractivity contribution in [3.8, 4) is 11.3 Å². The molecule has 312 valence electrons. The number of cyclic esters (lactones) is 1. The van der Waals surface area contributed by atoms with Crippen LogP contribution >= 0.6 is 11.8 Å². The fourth-order valence-electron chi connectivity index (χ4n) is 9.07. The molecule has 2 amide bonds. The lowest BCUT2D eigenvalue weighted by Gasteiger charge is -2.35. The van der Waals surface area contributed by atoms with E-state index < -0.39 is 23.5 Å². The van der Waals surface area contributed by atoms with Gasteiger partial charge in [-0.15, -0.1) is 11.8 Å². The summed E-state index contributed by atoms with van der Waals surface area (Å²) in [5.74, 6) is 0.386. The Labute approximate surface area is 345 Å². The number of hydrazine groups is 1. The Kier molecular flexibility index (Phi) is 12.0. The third kappa shape index (κ3) is 8.45. The van der Waals surface area contributed by atoms with Gasteiger partial charge in [-0.05, 0) is 79.8 Å². The van der Waals surface area contributed by atoms with Crippen LogP contribution in [0.25, 0.3) is 22.2 Å². The summed E-state index contributed by atoms with van der Waals surface area (Å²) in [4.78, 5) is 51.5. The quantitative estimate of drug-likeness (QED) is 0.255. The van der Waals surface area contributed by atoms with Crippen molar-refractivity contribution in [2.75, 3.05) is 45.8 Å². The fourth-order valence-corrected chi connectivity index (χ4v) is 10.2. The standard InChI is InChI=1S/C44H58N6O7S/c1-25-26(2)38(25)41(51)47-34-20-37-46-35(23-58-37)28-11-12-36-31(19-28)32(21-44(4,5)24-57-43(53)33-10-8-15-50(48-33)42(34)52)40(30-9-7-14-45-39(30)27(3)54-6)49(36)16-18-56-29-13-17-55-22-29/h7,9,11-12,14,19,25-27,29,33-35,38,48H,8,10,13,15-18,20-24H2,1-6H3,(H,47,51)/t25-,26+,27-,29+,33-,34-,35?,38?/m0/s1. The Morgan fingerprint density at radius 3 is 2.76 bits per heavy atom. The normalized spacial score (nSPS) is 29.2. The van der Waals surface area contributed by atoms with Gasteiger partial charge in [-0.25, -0.2) is 5.43 Å². The molecule has 2 saturated heterocycles. The summed E-state index contributed by atoms with van der Waals surface area (Å²) >= 11 is 1.64. The number of nitrogens with zero attached hydrogens (tertiary/aromatic N) is 4. The van der Waals surface area contributed by atoms with E-state index in [1.54, 1.807) is 18.9 Å². The van der Waals surface area contributed by atoms with Gasteiger partial charge >= 0.3 is 5.97 Å². The molecular formula is C44H58N6O7S. The van der Waals surface area contributed by atoms with Gasteiger partial charge in [0.25, 0.3) is 5.91 Å². The predicted molar refractivity (Wildman–Crippen MR) is 223 cm³/mol. The van der Waals surface area contributed by atoms with Crippen molar-refractivity contribution in [1.29, 1.82) is 0 Å². The van der Waals surface area contributed by atoms with Crippen LogP contribution in [-0.4, -0.2) is 101 Å². The molecule has 2 aromatic heterocycles. The third-order valence-electron chi connectivity index (χ3n) is 12.8. The van der Waals surface area contributed by atoms with Crippen LogP contribution in [0.15, 0.2) is 41.5 Å². The molecule has 8 atom stereocenters. The van der Waals surface area contributed by atoms with Crippen molar-refractivity contribution >= 4 is 45.5 Å². The number of thioether (sulfide) groups is 1. The van der Waals surface area contributed by atoms with E-state index in [-0.39, 0.29) is 60.8 Å². The number of methoxy groups -OCH3 is 1. The highest BCUT2D eigenvalue weighted by molar-refractivity contribution is 8.14. The summed E-state index contributed by atoms with van der Waals surface area (Å²) < 4.78 is 26.3. The van der Waals surface area contributed by atoms with E-state index in [1.165, 1.54) is 5.01 Å². The SMILES string of the molecule is CO[C@@H](C)c1ncccc1-c1c2c3cc(ccc3n1CCO[C@@H]1CCOC1)C1CSC(=N1)C[C@H](NC(=O)C1[C@@H](C)[C@H]1C)C(=O)N1CCC[C@H](N1)C(=O)OCC(C)(C)C2. The molecule has 3 aromatic rings. The van der Waals surface area contributed by atoms with Crippen LogP contribution in [0.4, 0.5) is 0 Å². The first-order chi connectivity index (χ1) is 27.9. The van der Waals surface area contributed by atoms with E-state index in [2.05, 4.69) is 67.3 Å². The lowest BCUT2D eigenvalue weighted by atomic mass is 9.84. The highest BCUT2D eigenvalue weighted by Crippen LogP contribution is 2.46. The number of amides is 2. The number of pyridine rings is 1. The average Bonchev–Trinajstić information content (AvgIpc) is 3.71. The Morgan fingerprint density at radius 2 is 2.00 bits per heavy atom. The number of aliphatic imine (C=N–C) groups is 1. The zero-order chi connectivity index (χ0) is 40.7. The van der Waals surface area contributed by atoms with E-state index in [0.717, 1.165) is 56.2 Å². The topological polar surface area (TPSA) is 146 Å². The zero-order valence-electron chi connectivity index (χ0n) is 34.6. The van der Waals surface area contributed by atoms with Crippen LogP contribution in [0, 0.1) is 23.2 Å². The van der Waals surface area contributed by atoms with Gasteiger partial charge in [-0.3, -0.25) is 29.4 Å². The van der Waals surface area contributed by atoms with Gasteiger partial charge in [0.2, 0.25) is 5.91 Å². The number of hydrogen-bond donors (Lipinski definition) is 2. The minimum atomic E-state index is -0.815. The monoisotopic (exact) mass is 814 g/mol. The van der Waals surface area contributed by atoms with Crippen molar-refractivity contribution in [3.05, 3.63) is 53.3 Å². The van der Waals surface area contributed by atoms with Crippen LogP contribution in [0.5, 0.6) is 0 Å². The Morgan fingerprint density at radius 1 is 1.17 bits per heavy atom. The molecule has 0 radical (unpaired) electrons. The van der Waals surface area contributed by atoms with Crippen LogP contribution in [0.2, 0.25) is 0 Å². The summed E-state index contributed by atoms with van der Waals surface area (Å²) in [5, 5.41) is 6.54. The molecule has 0 spiro atoms. The number of esters is 1. The lowest BCUT2D eigenvalue weighted by Crippen LogP contribution is -2.60. The van der Waals surface area contributed by atoms with Crippen LogP contribution < -0.4 is 10.7 Å². The van der Waals surface area contributed by atoms with E-state index in [1.807, 2.05) is 19.2 Å². The second-order valence-corrected chi connectivity index (χ2v) is 18.6. The number of carbonyl (C=O) groups is 3. The van der Waals surface area contributed by atoms with Crippen molar-refractivity contribution < 1.29 is 33.3 Å². The van der Waals surface area contributed by atoms with Crippen molar-refractivity contribution in [2.45, 2.75) is 104 Å². The summed E-state index contributed by atoms with van der Waals surface area (Å²) in [7, 11) is 1.70. The second-order valence-electron chi connectivity index (χ2n) is 17.5. The van der Waals surface area contributed by atoms with Gasteiger partial charge in [-0.2, -0.15) is 0 Å². The van der Waals surface area contributed by atoms with Gasteiger partial charge < -0.3 is 28.8 Å². The average molecular weight is 815 g/mol. The summed E-state index contributed by atoms with van der Waals surface area (Å²) in [6.07, 6.45) is 4.57. The van der Waals surface area contributed by atoms with Crippen molar-refractivity contribution in [3.63, 3.8) is 0 Å². The molecule has 8 rings (SSSR count). The molecular weight excluding hydrogens is 757 g/mol. The van der Waals surface area contributed by atoms with Gasteiger partial charge in [0, 0.05) is 73.0 Å². The summed E-state index contributed by atoms with van der Waals surface area (Å²) in [6, 6.07) is 9.10. The second kappa shape index (κ2) is 17.0. The van der Waals surface area contributed by atoms with E-state index in [9.17, 15) is 14.4 Å². The number of rotatable bonds is 9. The molecule has 58 heavy (non-hydrogen) atoms. The molecule has 6 bridgehead atoms. The van der Waals surface area contributed by atoms with Crippen LogP contribution in [0.3, 0.4) is 0 Å². The minimum Gasteiger partial charge on any atom is -0.464 e. The minimum absolute atomic E-state index is 0.0742. The van der Waals surface area contributed by atoms with Crippen LogP contribution in [0.1, 0.15) is 89.3 Å².